The lowest BCUT2D eigenvalue weighted by molar-refractivity contribution is -0.120. The van der Waals surface area contributed by atoms with Gasteiger partial charge in [-0.3, -0.25) is 4.79 Å². The Balaban J connectivity index is 1.70. The zero-order valence-electron chi connectivity index (χ0n) is 13.1. The smallest absolute Gasteiger partial charge is 0.337 e. The van der Waals surface area contributed by atoms with Crippen LogP contribution < -0.4 is 9.64 Å². The number of hydrogen-bond acceptors (Lipinski definition) is 4. The Hall–Kier alpha value is -2.89. The van der Waals surface area contributed by atoms with E-state index in [1.165, 1.54) is 19.2 Å². The summed E-state index contributed by atoms with van der Waals surface area (Å²) in [7, 11) is 1.32. The Morgan fingerprint density at radius 1 is 1.21 bits per heavy atom. The monoisotopic (exact) mass is 329 g/mol. The minimum Gasteiger partial charge on any atom is -0.481 e. The van der Waals surface area contributed by atoms with Gasteiger partial charge in [-0.2, -0.15) is 0 Å². The molecule has 2 aromatic carbocycles. The molecule has 0 aliphatic carbocycles. The Labute approximate surface area is 138 Å². The molecule has 1 heterocycles. The highest BCUT2D eigenvalue weighted by Gasteiger charge is 2.26. The molecule has 5 nitrogen and oxygen atoms in total. The molecule has 6 heteroatoms. The van der Waals surface area contributed by atoms with E-state index in [-0.39, 0.29) is 18.3 Å². The number of halogens is 1. The number of esters is 1. The summed E-state index contributed by atoms with van der Waals surface area (Å²) in [5.74, 6) is -1.13. The third kappa shape index (κ3) is 3.08. The molecule has 0 saturated heterocycles. The SMILES string of the molecule is COC(=O)c1ccc2c(c1)CCN2C(=O)COc1ccccc1F. The third-order valence-corrected chi connectivity index (χ3v) is 3.88. The van der Waals surface area contributed by atoms with E-state index in [9.17, 15) is 14.0 Å². The highest BCUT2D eigenvalue weighted by Crippen LogP contribution is 2.29. The second kappa shape index (κ2) is 6.70. The van der Waals surface area contributed by atoms with Crippen molar-refractivity contribution in [3.63, 3.8) is 0 Å². The van der Waals surface area contributed by atoms with E-state index in [0.717, 1.165) is 11.3 Å². The van der Waals surface area contributed by atoms with Crippen LogP contribution in [0.4, 0.5) is 10.1 Å². The first-order chi connectivity index (χ1) is 11.6. The predicted octanol–water partition coefficient (Wildman–Crippen LogP) is 2.58. The van der Waals surface area contributed by atoms with Gasteiger partial charge in [0.2, 0.25) is 0 Å². The van der Waals surface area contributed by atoms with Crippen LogP contribution in [0.1, 0.15) is 15.9 Å². The number of ether oxygens (including phenoxy) is 2. The molecule has 0 bridgehead atoms. The molecule has 0 fully saturated rings. The lowest BCUT2D eigenvalue weighted by atomic mass is 10.1. The minimum absolute atomic E-state index is 0.0475. The summed E-state index contributed by atoms with van der Waals surface area (Å²) in [6.45, 7) is 0.249. The molecule has 124 valence electrons. The summed E-state index contributed by atoms with van der Waals surface area (Å²) in [6.07, 6.45) is 0.644. The van der Waals surface area contributed by atoms with Gasteiger partial charge in [0.15, 0.2) is 18.2 Å². The number of anilines is 1. The quantitative estimate of drug-likeness (QED) is 0.809. The highest BCUT2D eigenvalue weighted by molar-refractivity contribution is 5.98. The van der Waals surface area contributed by atoms with E-state index < -0.39 is 11.8 Å². The number of carbonyl (C=O) groups is 2. The molecule has 0 spiro atoms. The van der Waals surface area contributed by atoms with Gasteiger partial charge in [0.05, 0.1) is 12.7 Å². The molecule has 0 unspecified atom stereocenters. The first-order valence-electron chi connectivity index (χ1n) is 7.49. The number of hydrogen-bond donors (Lipinski definition) is 0. The largest absolute Gasteiger partial charge is 0.481 e. The number of amides is 1. The summed E-state index contributed by atoms with van der Waals surface area (Å²) in [4.78, 5) is 25.5. The second-order valence-electron chi connectivity index (χ2n) is 5.35. The van der Waals surface area contributed by atoms with Crippen LogP contribution in [-0.2, 0) is 16.0 Å². The Morgan fingerprint density at radius 2 is 2.00 bits per heavy atom. The number of rotatable bonds is 4. The lowest BCUT2D eigenvalue weighted by Gasteiger charge is -2.18. The van der Waals surface area contributed by atoms with Crippen molar-refractivity contribution in [2.75, 3.05) is 25.2 Å². The molecule has 1 aliphatic rings. The van der Waals surface area contributed by atoms with E-state index in [4.69, 9.17) is 9.47 Å². The van der Waals surface area contributed by atoms with Crippen molar-refractivity contribution in [3.05, 3.63) is 59.4 Å². The molecule has 0 aromatic heterocycles. The number of fused-ring (bicyclic) bond motifs is 1. The zero-order chi connectivity index (χ0) is 17.1. The number of carbonyl (C=O) groups excluding carboxylic acids is 2. The van der Waals surface area contributed by atoms with Crippen molar-refractivity contribution in [2.45, 2.75) is 6.42 Å². The van der Waals surface area contributed by atoms with Crippen LogP contribution in [0.25, 0.3) is 0 Å². The summed E-state index contributed by atoms with van der Waals surface area (Å²) < 4.78 is 23.5. The van der Waals surface area contributed by atoms with Crippen LogP contribution in [-0.4, -0.2) is 32.1 Å². The highest BCUT2D eigenvalue weighted by atomic mass is 19.1. The van der Waals surface area contributed by atoms with E-state index in [1.54, 1.807) is 35.2 Å². The van der Waals surface area contributed by atoms with Gasteiger partial charge in [0, 0.05) is 12.2 Å². The number of benzene rings is 2. The molecule has 0 N–H and O–H groups in total. The van der Waals surface area contributed by atoms with Crippen LogP contribution in [0.2, 0.25) is 0 Å². The fraction of sp³-hybridized carbons (Fsp3) is 0.222. The van der Waals surface area contributed by atoms with Crippen molar-refractivity contribution >= 4 is 17.6 Å². The molecule has 0 atom stereocenters. The standard InChI is InChI=1S/C18H16FNO4/c1-23-18(22)13-6-7-15-12(10-13)8-9-20(15)17(21)11-24-16-5-3-2-4-14(16)19/h2-7,10H,8-9,11H2,1H3. The first kappa shape index (κ1) is 16.0. The van der Waals surface area contributed by atoms with Gasteiger partial charge >= 0.3 is 5.97 Å². The van der Waals surface area contributed by atoms with Crippen LogP contribution in [0, 0.1) is 5.82 Å². The van der Waals surface area contributed by atoms with Crippen molar-refractivity contribution in [1.29, 1.82) is 0 Å². The Morgan fingerprint density at radius 3 is 2.75 bits per heavy atom. The van der Waals surface area contributed by atoms with E-state index in [2.05, 4.69) is 0 Å². The van der Waals surface area contributed by atoms with Gasteiger partial charge < -0.3 is 14.4 Å². The second-order valence-corrected chi connectivity index (χ2v) is 5.35. The van der Waals surface area contributed by atoms with Crippen LogP contribution in [0.15, 0.2) is 42.5 Å². The molecular formula is C18H16FNO4. The fourth-order valence-corrected chi connectivity index (χ4v) is 2.68. The van der Waals surface area contributed by atoms with Crippen molar-refractivity contribution in [3.8, 4) is 5.75 Å². The summed E-state index contributed by atoms with van der Waals surface area (Å²) in [6, 6.07) is 11.0. The average molecular weight is 329 g/mol. The summed E-state index contributed by atoms with van der Waals surface area (Å²) >= 11 is 0. The van der Waals surface area contributed by atoms with Crippen LogP contribution in [0.5, 0.6) is 5.75 Å². The fourth-order valence-electron chi connectivity index (χ4n) is 2.68. The molecule has 0 radical (unpaired) electrons. The minimum atomic E-state index is -0.505. The summed E-state index contributed by atoms with van der Waals surface area (Å²) in [5, 5.41) is 0. The average Bonchev–Trinajstić information content (AvgIpc) is 3.03. The molecule has 1 aliphatic heterocycles. The molecule has 0 saturated carbocycles. The maximum Gasteiger partial charge on any atom is 0.337 e. The van der Waals surface area contributed by atoms with Gasteiger partial charge in [0.1, 0.15) is 0 Å². The number of nitrogens with zero attached hydrogens (tertiary/aromatic N) is 1. The van der Waals surface area contributed by atoms with Crippen molar-refractivity contribution < 1.29 is 23.5 Å². The Bertz CT molecular complexity index is 790. The van der Waals surface area contributed by atoms with Gasteiger partial charge in [-0.05, 0) is 42.3 Å². The molecule has 24 heavy (non-hydrogen) atoms. The van der Waals surface area contributed by atoms with E-state index in [1.807, 2.05) is 0 Å². The third-order valence-electron chi connectivity index (χ3n) is 3.88. The van der Waals surface area contributed by atoms with Gasteiger partial charge in [-0.15, -0.1) is 0 Å². The van der Waals surface area contributed by atoms with Crippen molar-refractivity contribution in [1.82, 2.24) is 0 Å². The van der Waals surface area contributed by atoms with E-state index in [0.29, 0.717) is 18.5 Å². The molecule has 2 aromatic rings. The maximum absolute atomic E-state index is 13.5. The normalized spacial score (nSPS) is 12.7. The molecular weight excluding hydrogens is 313 g/mol. The predicted molar refractivity (Wildman–Crippen MR) is 85.7 cm³/mol. The van der Waals surface area contributed by atoms with E-state index >= 15 is 0 Å². The van der Waals surface area contributed by atoms with Gasteiger partial charge in [-0.1, -0.05) is 12.1 Å². The van der Waals surface area contributed by atoms with Crippen molar-refractivity contribution in [2.24, 2.45) is 0 Å². The maximum atomic E-state index is 13.5. The number of para-hydroxylation sites is 1. The molecule has 1 amide bonds. The van der Waals surface area contributed by atoms with Gasteiger partial charge in [-0.25, -0.2) is 9.18 Å². The summed E-state index contributed by atoms with van der Waals surface area (Å²) in [5.41, 5.74) is 2.09. The lowest BCUT2D eigenvalue weighted by Crippen LogP contribution is -2.33. The number of methoxy groups -OCH3 is 1. The van der Waals surface area contributed by atoms with Crippen LogP contribution in [0.3, 0.4) is 0 Å². The Kier molecular flexibility index (Phi) is 4.46. The molecule has 3 rings (SSSR count). The topological polar surface area (TPSA) is 55.8 Å². The van der Waals surface area contributed by atoms with Crippen LogP contribution >= 0.6 is 0 Å². The first-order valence-corrected chi connectivity index (χ1v) is 7.49. The van der Waals surface area contributed by atoms with Gasteiger partial charge in [0.25, 0.3) is 5.91 Å². The zero-order valence-corrected chi connectivity index (χ0v) is 13.1.